The number of carbonyl (C=O) groups excluding carboxylic acids is 2. The van der Waals surface area contributed by atoms with E-state index in [1.54, 1.807) is 12.1 Å². The number of hydrogen-bond donors (Lipinski definition) is 1. The second kappa shape index (κ2) is 8.01. The Morgan fingerprint density at radius 1 is 1.00 bits per heavy atom. The maximum absolute atomic E-state index is 12.0. The molecule has 0 aromatic heterocycles. The minimum Gasteiger partial charge on any atom is -0.493 e. The van der Waals surface area contributed by atoms with Gasteiger partial charge >= 0.3 is 6.09 Å². The third-order valence-electron chi connectivity index (χ3n) is 3.35. The van der Waals surface area contributed by atoms with Gasteiger partial charge in [-0.3, -0.25) is 10.1 Å². The van der Waals surface area contributed by atoms with Crippen LogP contribution >= 0.6 is 0 Å². The van der Waals surface area contributed by atoms with Crippen LogP contribution in [0.25, 0.3) is 0 Å². The summed E-state index contributed by atoms with van der Waals surface area (Å²) in [4.78, 5) is 23.9. The number of amides is 1. The summed E-state index contributed by atoms with van der Waals surface area (Å²) in [7, 11) is 2.91. The van der Waals surface area contributed by atoms with Crippen LogP contribution in [0.15, 0.2) is 42.5 Å². The molecule has 0 atom stereocenters. The number of ether oxygens (including phenoxy) is 3. The molecule has 0 heterocycles. The Bertz CT molecular complexity index is 728. The Labute approximate surface area is 140 Å². The van der Waals surface area contributed by atoms with Crippen LogP contribution in [-0.2, 0) is 11.3 Å². The van der Waals surface area contributed by atoms with Gasteiger partial charge in [0.15, 0.2) is 17.3 Å². The van der Waals surface area contributed by atoms with E-state index in [1.165, 1.54) is 21.1 Å². The van der Waals surface area contributed by atoms with Crippen molar-refractivity contribution in [3.05, 3.63) is 53.6 Å². The zero-order chi connectivity index (χ0) is 17.5. The largest absolute Gasteiger partial charge is 0.493 e. The second-order valence-electron chi connectivity index (χ2n) is 4.97. The Hall–Kier alpha value is -3.02. The van der Waals surface area contributed by atoms with E-state index >= 15 is 0 Å². The van der Waals surface area contributed by atoms with Crippen LogP contribution in [-0.4, -0.2) is 26.1 Å². The lowest BCUT2D eigenvalue weighted by atomic mass is 10.1. The molecule has 24 heavy (non-hydrogen) atoms. The fourth-order valence-corrected chi connectivity index (χ4v) is 2.25. The standard InChI is InChI=1S/C18H19NO5/c1-12(20)16-14(9-10-15(22-2)17(16)23-3)19-18(21)24-11-13-7-5-4-6-8-13/h4-10H,11H2,1-3H3,(H,19,21). The average molecular weight is 329 g/mol. The van der Waals surface area contributed by atoms with Crippen LogP contribution in [0.2, 0.25) is 0 Å². The van der Waals surface area contributed by atoms with Crippen molar-refractivity contribution in [3.8, 4) is 11.5 Å². The van der Waals surface area contributed by atoms with Gasteiger partial charge in [-0.25, -0.2) is 4.79 Å². The van der Waals surface area contributed by atoms with E-state index in [9.17, 15) is 9.59 Å². The highest BCUT2D eigenvalue weighted by molar-refractivity contribution is 6.05. The van der Waals surface area contributed by atoms with Gasteiger partial charge in [0.2, 0.25) is 0 Å². The van der Waals surface area contributed by atoms with E-state index in [0.29, 0.717) is 11.4 Å². The van der Waals surface area contributed by atoms with E-state index < -0.39 is 6.09 Å². The summed E-state index contributed by atoms with van der Waals surface area (Å²) in [6.45, 7) is 1.52. The summed E-state index contributed by atoms with van der Waals surface area (Å²) in [6.07, 6.45) is -0.659. The molecule has 0 fully saturated rings. The van der Waals surface area contributed by atoms with Crippen LogP contribution in [0, 0.1) is 0 Å². The molecule has 0 bridgehead atoms. The lowest BCUT2D eigenvalue weighted by Crippen LogP contribution is -2.16. The van der Waals surface area contributed by atoms with Gasteiger partial charge in [0.1, 0.15) is 6.61 Å². The SMILES string of the molecule is COc1ccc(NC(=O)OCc2ccccc2)c(C(C)=O)c1OC. The lowest BCUT2D eigenvalue weighted by molar-refractivity contribution is 0.101. The molecule has 126 valence electrons. The van der Waals surface area contributed by atoms with Gasteiger partial charge in [-0.15, -0.1) is 0 Å². The van der Waals surface area contributed by atoms with Gasteiger partial charge < -0.3 is 14.2 Å². The number of methoxy groups -OCH3 is 2. The predicted octanol–water partition coefficient (Wildman–Crippen LogP) is 3.66. The molecule has 2 aromatic carbocycles. The number of nitrogens with one attached hydrogen (secondary N) is 1. The minimum absolute atomic E-state index is 0.134. The summed E-state index contributed by atoms with van der Waals surface area (Å²) in [5, 5.41) is 2.57. The van der Waals surface area contributed by atoms with E-state index in [4.69, 9.17) is 14.2 Å². The monoisotopic (exact) mass is 329 g/mol. The first-order valence-electron chi connectivity index (χ1n) is 7.30. The molecule has 0 aliphatic heterocycles. The van der Waals surface area contributed by atoms with Crippen molar-refractivity contribution in [2.24, 2.45) is 0 Å². The Morgan fingerprint density at radius 2 is 1.71 bits per heavy atom. The molecule has 2 aromatic rings. The van der Waals surface area contributed by atoms with Gasteiger partial charge in [0.25, 0.3) is 0 Å². The van der Waals surface area contributed by atoms with Crippen LogP contribution in [0.4, 0.5) is 10.5 Å². The molecular formula is C18H19NO5. The van der Waals surface area contributed by atoms with Crippen molar-refractivity contribution in [1.82, 2.24) is 0 Å². The van der Waals surface area contributed by atoms with Crippen LogP contribution in [0.1, 0.15) is 22.8 Å². The zero-order valence-corrected chi connectivity index (χ0v) is 13.8. The zero-order valence-electron chi connectivity index (χ0n) is 13.8. The van der Waals surface area contributed by atoms with Crippen molar-refractivity contribution in [1.29, 1.82) is 0 Å². The van der Waals surface area contributed by atoms with Crippen LogP contribution in [0.3, 0.4) is 0 Å². The number of ketones is 1. The van der Waals surface area contributed by atoms with Crippen molar-refractivity contribution in [2.75, 3.05) is 19.5 Å². The first kappa shape index (κ1) is 17.3. The molecule has 1 amide bonds. The smallest absolute Gasteiger partial charge is 0.411 e. The van der Waals surface area contributed by atoms with E-state index in [-0.39, 0.29) is 23.7 Å². The molecule has 6 nitrogen and oxygen atoms in total. The second-order valence-corrected chi connectivity index (χ2v) is 4.97. The molecule has 0 saturated carbocycles. The molecule has 0 spiro atoms. The van der Waals surface area contributed by atoms with E-state index in [2.05, 4.69) is 5.32 Å². The third kappa shape index (κ3) is 4.04. The molecule has 1 N–H and O–H groups in total. The lowest BCUT2D eigenvalue weighted by Gasteiger charge is -2.15. The van der Waals surface area contributed by atoms with Gasteiger partial charge in [0.05, 0.1) is 25.5 Å². The normalized spacial score (nSPS) is 9.96. The number of carbonyl (C=O) groups is 2. The average Bonchev–Trinajstić information content (AvgIpc) is 2.60. The summed E-state index contributed by atoms with van der Waals surface area (Å²) < 4.78 is 15.6. The Morgan fingerprint density at radius 3 is 2.29 bits per heavy atom. The number of hydrogen-bond acceptors (Lipinski definition) is 5. The van der Waals surface area contributed by atoms with Crippen molar-refractivity contribution in [2.45, 2.75) is 13.5 Å². The predicted molar refractivity (Wildman–Crippen MR) is 89.8 cm³/mol. The number of Topliss-reactive ketones (excluding diaryl/α,β-unsaturated/α-hetero) is 1. The molecule has 0 unspecified atom stereocenters. The van der Waals surface area contributed by atoms with Gasteiger partial charge in [-0.1, -0.05) is 30.3 Å². The van der Waals surface area contributed by atoms with Crippen molar-refractivity contribution < 1.29 is 23.8 Å². The summed E-state index contributed by atoms with van der Waals surface area (Å²) in [5.74, 6) is 0.417. The quantitative estimate of drug-likeness (QED) is 0.819. The first-order chi connectivity index (χ1) is 11.6. The van der Waals surface area contributed by atoms with Crippen molar-refractivity contribution >= 4 is 17.6 Å². The van der Waals surface area contributed by atoms with Gasteiger partial charge in [0, 0.05) is 0 Å². The highest BCUT2D eigenvalue weighted by Crippen LogP contribution is 2.36. The summed E-state index contributed by atoms with van der Waals surface area (Å²) in [6, 6.07) is 12.5. The summed E-state index contributed by atoms with van der Waals surface area (Å²) in [5.41, 5.74) is 1.40. The number of benzene rings is 2. The molecule has 6 heteroatoms. The molecule has 0 aliphatic rings. The molecule has 0 radical (unpaired) electrons. The van der Waals surface area contributed by atoms with Crippen LogP contribution < -0.4 is 14.8 Å². The Balaban J connectivity index is 2.16. The van der Waals surface area contributed by atoms with Gasteiger partial charge in [-0.2, -0.15) is 0 Å². The highest BCUT2D eigenvalue weighted by Gasteiger charge is 2.20. The highest BCUT2D eigenvalue weighted by atomic mass is 16.5. The number of anilines is 1. The first-order valence-corrected chi connectivity index (χ1v) is 7.30. The fourth-order valence-electron chi connectivity index (χ4n) is 2.25. The van der Waals surface area contributed by atoms with E-state index in [0.717, 1.165) is 5.56 Å². The minimum atomic E-state index is -0.659. The van der Waals surface area contributed by atoms with Gasteiger partial charge in [-0.05, 0) is 24.6 Å². The molecular weight excluding hydrogens is 310 g/mol. The van der Waals surface area contributed by atoms with Crippen LogP contribution in [0.5, 0.6) is 11.5 Å². The molecule has 0 saturated heterocycles. The van der Waals surface area contributed by atoms with E-state index in [1.807, 2.05) is 30.3 Å². The topological polar surface area (TPSA) is 73.9 Å². The summed E-state index contributed by atoms with van der Waals surface area (Å²) >= 11 is 0. The fraction of sp³-hybridized carbons (Fsp3) is 0.222. The maximum Gasteiger partial charge on any atom is 0.411 e. The van der Waals surface area contributed by atoms with Crippen molar-refractivity contribution in [3.63, 3.8) is 0 Å². The molecule has 0 aliphatic carbocycles. The Kier molecular flexibility index (Phi) is 5.78. The third-order valence-corrected chi connectivity index (χ3v) is 3.35. The maximum atomic E-state index is 12.0. The molecule has 2 rings (SSSR count). The number of rotatable bonds is 6.